The van der Waals surface area contributed by atoms with Gasteiger partial charge in [-0.25, -0.2) is 4.39 Å². The highest BCUT2D eigenvalue weighted by Gasteiger charge is 2.15. The minimum Gasteiger partial charge on any atom is -0.332 e. The number of rotatable bonds is 4. The quantitative estimate of drug-likeness (QED) is 0.934. The maximum atomic E-state index is 13.0. The second kappa shape index (κ2) is 6.60. The topological polar surface area (TPSA) is 62.3 Å². The normalized spacial score (nSPS) is 10.0. The third-order valence-electron chi connectivity index (χ3n) is 2.74. The van der Waals surface area contributed by atoms with Gasteiger partial charge in [-0.3, -0.25) is 14.6 Å². The van der Waals surface area contributed by atoms with E-state index >= 15 is 0 Å². The summed E-state index contributed by atoms with van der Waals surface area (Å²) in [5.74, 6) is -1.15. The Hall–Kier alpha value is -2.76. The number of aromatic nitrogens is 1. The van der Waals surface area contributed by atoms with Crippen LogP contribution in [0.4, 0.5) is 10.1 Å². The molecule has 6 heteroatoms. The van der Waals surface area contributed by atoms with E-state index in [1.807, 2.05) is 0 Å². The average Bonchev–Trinajstić information content (AvgIpc) is 2.47. The molecule has 0 atom stereocenters. The van der Waals surface area contributed by atoms with E-state index in [2.05, 4.69) is 10.3 Å². The van der Waals surface area contributed by atoms with Crippen molar-refractivity contribution < 1.29 is 14.0 Å². The van der Waals surface area contributed by atoms with Crippen LogP contribution < -0.4 is 5.32 Å². The molecule has 0 saturated heterocycles. The van der Waals surface area contributed by atoms with Gasteiger partial charge >= 0.3 is 0 Å². The van der Waals surface area contributed by atoms with Crippen LogP contribution in [0.5, 0.6) is 0 Å². The molecule has 1 N–H and O–H groups in total. The number of nitrogens with one attached hydrogen (secondary N) is 1. The number of hydrogen-bond acceptors (Lipinski definition) is 3. The first-order chi connectivity index (χ1) is 10.1. The number of halogens is 1. The van der Waals surface area contributed by atoms with Crippen molar-refractivity contribution in [2.75, 3.05) is 18.9 Å². The zero-order chi connectivity index (χ0) is 15.2. The van der Waals surface area contributed by atoms with Crippen LogP contribution in [0.3, 0.4) is 0 Å². The Morgan fingerprint density at radius 2 is 2.10 bits per heavy atom. The molecule has 2 amide bonds. The van der Waals surface area contributed by atoms with E-state index in [1.165, 1.54) is 36.3 Å². The summed E-state index contributed by atoms with van der Waals surface area (Å²) in [6.07, 6.45) is 3.00. The van der Waals surface area contributed by atoms with Crippen LogP contribution in [-0.4, -0.2) is 35.3 Å². The Labute approximate surface area is 121 Å². The molecule has 0 saturated carbocycles. The summed E-state index contributed by atoms with van der Waals surface area (Å²) in [6, 6.07) is 8.83. The maximum Gasteiger partial charge on any atom is 0.255 e. The molecular weight excluding hydrogens is 273 g/mol. The number of carbonyl (C=O) groups excluding carboxylic acids is 2. The van der Waals surface area contributed by atoms with Crippen molar-refractivity contribution in [2.45, 2.75) is 0 Å². The minimum atomic E-state index is -0.437. The van der Waals surface area contributed by atoms with Crippen molar-refractivity contribution in [3.05, 3.63) is 60.2 Å². The first kappa shape index (κ1) is 14.6. The summed E-state index contributed by atoms with van der Waals surface area (Å²) in [6.45, 7) is -0.135. The van der Waals surface area contributed by atoms with Crippen LogP contribution in [0, 0.1) is 5.82 Å². The van der Waals surface area contributed by atoms with Gasteiger partial charge in [-0.2, -0.15) is 0 Å². The Balaban J connectivity index is 1.95. The molecular formula is C15H14FN3O2. The second-order valence-corrected chi connectivity index (χ2v) is 4.46. The molecule has 0 fully saturated rings. The van der Waals surface area contributed by atoms with Crippen LogP contribution in [0.15, 0.2) is 48.8 Å². The highest BCUT2D eigenvalue weighted by molar-refractivity contribution is 5.99. The number of likely N-dealkylation sites (N-methyl/N-ethyl adjacent to an activating group) is 1. The number of hydrogen-bond donors (Lipinski definition) is 1. The molecule has 0 aliphatic heterocycles. The number of nitrogens with zero attached hydrogens (tertiary/aromatic N) is 2. The molecule has 1 heterocycles. The van der Waals surface area contributed by atoms with Gasteiger partial charge in [0.25, 0.3) is 5.91 Å². The van der Waals surface area contributed by atoms with Gasteiger partial charge in [0.05, 0.1) is 12.1 Å². The fourth-order valence-corrected chi connectivity index (χ4v) is 1.76. The van der Waals surface area contributed by atoms with E-state index in [-0.39, 0.29) is 12.5 Å². The van der Waals surface area contributed by atoms with E-state index in [0.717, 1.165) is 0 Å². The Morgan fingerprint density at radius 3 is 2.76 bits per heavy atom. The molecule has 0 unspecified atom stereocenters. The van der Waals surface area contributed by atoms with Gasteiger partial charge in [-0.1, -0.05) is 6.07 Å². The lowest BCUT2D eigenvalue weighted by atomic mass is 10.2. The molecule has 0 aliphatic rings. The van der Waals surface area contributed by atoms with Gasteiger partial charge in [0.2, 0.25) is 5.91 Å². The van der Waals surface area contributed by atoms with Gasteiger partial charge in [-0.05, 0) is 30.3 Å². The summed E-state index contributed by atoms with van der Waals surface area (Å²) in [7, 11) is 1.51. The second-order valence-electron chi connectivity index (χ2n) is 4.46. The molecule has 0 bridgehead atoms. The number of benzene rings is 1. The lowest BCUT2D eigenvalue weighted by Crippen LogP contribution is -2.34. The predicted octanol–water partition coefficient (Wildman–Crippen LogP) is 1.93. The Morgan fingerprint density at radius 1 is 1.29 bits per heavy atom. The van der Waals surface area contributed by atoms with E-state index in [9.17, 15) is 14.0 Å². The highest BCUT2D eigenvalue weighted by Crippen LogP contribution is 2.09. The predicted molar refractivity (Wildman–Crippen MR) is 76.2 cm³/mol. The summed E-state index contributed by atoms with van der Waals surface area (Å²) in [4.78, 5) is 29.0. The van der Waals surface area contributed by atoms with Crippen LogP contribution in [0.2, 0.25) is 0 Å². The van der Waals surface area contributed by atoms with E-state index in [0.29, 0.717) is 11.3 Å². The number of anilines is 1. The fraction of sp³-hybridized carbons (Fsp3) is 0.133. The molecule has 2 aromatic rings. The lowest BCUT2D eigenvalue weighted by molar-refractivity contribution is -0.116. The first-order valence-electron chi connectivity index (χ1n) is 6.27. The van der Waals surface area contributed by atoms with Gasteiger partial charge < -0.3 is 10.2 Å². The molecule has 0 radical (unpaired) electrons. The van der Waals surface area contributed by atoms with Crippen LogP contribution in [-0.2, 0) is 4.79 Å². The summed E-state index contributed by atoms with van der Waals surface area (Å²) in [5.41, 5.74) is 0.751. The summed E-state index contributed by atoms with van der Waals surface area (Å²) >= 11 is 0. The fourth-order valence-electron chi connectivity index (χ4n) is 1.76. The van der Waals surface area contributed by atoms with Crippen LogP contribution in [0.25, 0.3) is 0 Å². The lowest BCUT2D eigenvalue weighted by Gasteiger charge is -2.16. The standard InChI is InChI=1S/C15H14FN3O2/c1-19(15(21)11-4-3-7-17-9-11)10-14(20)18-13-6-2-5-12(16)8-13/h2-9H,10H2,1H3,(H,18,20). The highest BCUT2D eigenvalue weighted by atomic mass is 19.1. The zero-order valence-corrected chi connectivity index (χ0v) is 11.4. The van der Waals surface area contributed by atoms with Crippen molar-refractivity contribution in [3.63, 3.8) is 0 Å². The van der Waals surface area contributed by atoms with E-state index in [1.54, 1.807) is 24.4 Å². The zero-order valence-electron chi connectivity index (χ0n) is 11.4. The van der Waals surface area contributed by atoms with Crippen molar-refractivity contribution in [1.82, 2.24) is 9.88 Å². The SMILES string of the molecule is CN(CC(=O)Nc1cccc(F)c1)C(=O)c1cccnc1. The molecule has 21 heavy (non-hydrogen) atoms. The maximum absolute atomic E-state index is 13.0. The molecule has 2 rings (SSSR count). The largest absolute Gasteiger partial charge is 0.332 e. The molecule has 108 valence electrons. The molecule has 1 aromatic carbocycles. The number of amides is 2. The van der Waals surface area contributed by atoms with Gasteiger partial charge in [0, 0.05) is 25.1 Å². The van der Waals surface area contributed by atoms with Gasteiger partial charge in [-0.15, -0.1) is 0 Å². The number of carbonyl (C=O) groups is 2. The van der Waals surface area contributed by atoms with Crippen molar-refractivity contribution in [1.29, 1.82) is 0 Å². The molecule has 0 aliphatic carbocycles. The monoisotopic (exact) mass is 287 g/mol. The van der Waals surface area contributed by atoms with Crippen LogP contribution in [0.1, 0.15) is 10.4 Å². The van der Waals surface area contributed by atoms with Crippen molar-refractivity contribution in [2.24, 2.45) is 0 Å². The number of pyridine rings is 1. The Kier molecular flexibility index (Phi) is 4.61. The summed E-state index contributed by atoms with van der Waals surface area (Å²) < 4.78 is 13.0. The molecule has 5 nitrogen and oxygen atoms in total. The van der Waals surface area contributed by atoms with Crippen molar-refractivity contribution >= 4 is 17.5 Å². The summed E-state index contributed by atoms with van der Waals surface area (Å²) in [5, 5.41) is 2.53. The third kappa shape index (κ3) is 4.10. The smallest absolute Gasteiger partial charge is 0.255 e. The minimum absolute atomic E-state index is 0.135. The van der Waals surface area contributed by atoms with Crippen LogP contribution >= 0.6 is 0 Å². The average molecular weight is 287 g/mol. The van der Waals surface area contributed by atoms with Gasteiger partial charge in [0.15, 0.2) is 0 Å². The Bertz CT molecular complexity index is 646. The first-order valence-corrected chi connectivity index (χ1v) is 6.27. The molecule has 1 aromatic heterocycles. The van der Waals surface area contributed by atoms with Gasteiger partial charge in [0.1, 0.15) is 5.82 Å². The molecule has 0 spiro atoms. The van der Waals surface area contributed by atoms with Crippen molar-refractivity contribution in [3.8, 4) is 0 Å². The van der Waals surface area contributed by atoms with E-state index < -0.39 is 11.7 Å². The third-order valence-corrected chi connectivity index (χ3v) is 2.74. The van der Waals surface area contributed by atoms with E-state index in [4.69, 9.17) is 0 Å².